The van der Waals surface area contributed by atoms with Gasteiger partial charge in [0.25, 0.3) is 0 Å². The second-order valence-electron chi connectivity index (χ2n) is 6.95. The lowest BCUT2D eigenvalue weighted by Crippen LogP contribution is -2.55. The molecule has 4 N–H and O–H groups in total. The molecule has 2 atom stereocenters. The Morgan fingerprint density at radius 1 is 1.08 bits per heavy atom. The van der Waals surface area contributed by atoms with Crippen LogP contribution in [-0.4, -0.2) is 48.7 Å². The number of methoxy groups -OCH3 is 1. The minimum absolute atomic E-state index is 0.00496. The van der Waals surface area contributed by atoms with Crippen molar-refractivity contribution in [3.63, 3.8) is 0 Å². The van der Waals surface area contributed by atoms with Crippen molar-refractivity contribution in [3.05, 3.63) is 0 Å². The highest BCUT2D eigenvalue weighted by Gasteiger charge is 2.29. The first kappa shape index (κ1) is 22.7. The second-order valence-corrected chi connectivity index (χ2v) is 6.95. The molecule has 0 bridgehead atoms. The Morgan fingerprint density at radius 3 is 2.04 bits per heavy atom. The third-order valence-electron chi connectivity index (χ3n) is 3.15. The molecule has 0 fully saturated rings. The summed E-state index contributed by atoms with van der Waals surface area (Å²) in [6.07, 6.45) is -0.812. The molecule has 0 aromatic rings. The summed E-state index contributed by atoms with van der Waals surface area (Å²) in [5.74, 6) is -2.15. The van der Waals surface area contributed by atoms with E-state index in [9.17, 15) is 19.2 Å². The summed E-state index contributed by atoms with van der Waals surface area (Å²) in [7, 11) is 1.22. The number of primary amides is 1. The largest absolute Gasteiger partial charge is 0.469 e. The van der Waals surface area contributed by atoms with Crippen LogP contribution in [0.4, 0.5) is 4.79 Å². The van der Waals surface area contributed by atoms with Gasteiger partial charge in [0.1, 0.15) is 17.7 Å². The van der Waals surface area contributed by atoms with E-state index in [0.717, 1.165) is 0 Å². The molecular weight excluding hydrogens is 330 g/mol. The van der Waals surface area contributed by atoms with Crippen LogP contribution in [0.2, 0.25) is 0 Å². The number of carbonyl (C=O) groups is 4. The molecule has 0 radical (unpaired) electrons. The third kappa shape index (κ3) is 9.53. The molecule has 0 saturated heterocycles. The van der Waals surface area contributed by atoms with Crippen molar-refractivity contribution in [1.82, 2.24) is 10.6 Å². The van der Waals surface area contributed by atoms with E-state index in [4.69, 9.17) is 10.5 Å². The zero-order chi connectivity index (χ0) is 19.8. The van der Waals surface area contributed by atoms with Crippen LogP contribution in [0.1, 0.15) is 47.5 Å². The molecule has 0 unspecified atom stereocenters. The Balaban J connectivity index is 4.92. The number of rotatable bonds is 8. The van der Waals surface area contributed by atoms with Gasteiger partial charge in [0.05, 0.1) is 7.11 Å². The summed E-state index contributed by atoms with van der Waals surface area (Å²) >= 11 is 0. The fourth-order valence-electron chi connectivity index (χ4n) is 1.88. The molecular formula is C16H29N3O6. The number of ether oxygens (including phenoxy) is 2. The highest BCUT2D eigenvalue weighted by Crippen LogP contribution is 2.09. The van der Waals surface area contributed by atoms with Crippen LogP contribution in [0.5, 0.6) is 0 Å². The molecule has 0 aliphatic heterocycles. The lowest BCUT2D eigenvalue weighted by Gasteiger charge is -2.26. The van der Waals surface area contributed by atoms with Crippen molar-refractivity contribution in [3.8, 4) is 0 Å². The van der Waals surface area contributed by atoms with Gasteiger partial charge in [0.2, 0.25) is 11.8 Å². The van der Waals surface area contributed by atoms with Crippen molar-refractivity contribution < 1.29 is 28.7 Å². The monoisotopic (exact) mass is 359 g/mol. The quantitative estimate of drug-likeness (QED) is 0.538. The molecule has 144 valence electrons. The van der Waals surface area contributed by atoms with E-state index in [1.165, 1.54) is 7.11 Å². The maximum atomic E-state index is 12.4. The van der Waals surface area contributed by atoms with Crippen LogP contribution in [0.25, 0.3) is 0 Å². The highest BCUT2D eigenvalue weighted by molar-refractivity contribution is 5.91. The molecule has 0 heterocycles. The molecule has 9 heteroatoms. The van der Waals surface area contributed by atoms with Crippen molar-refractivity contribution in [2.75, 3.05) is 7.11 Å². The minimum atomic E-state index is -1.05. The molecule has 9 nitrogen and oxygen atoms in total. The van der Waals surface area contributed by atoms with Gasteiger partial charge in [0, 0.05) is 6.42 Å². The summed E-state index contributed by atoms with van der Waals surface area (Å²) in [5, 5.41) is 4.93. The van der Waals surface area contributed by atoms with Crippen LogP contribution in [0.15, 0.2) is 0 Å². The fourth-order valence-corrected chi connectivity index (χ4v) is 1.88. The van der Waals surface area contributed by atoms with Crippen molar-refractivity contribution in [2.45, 2.75) is 65.1 Å². The zero-order valence-electron chi connectivity index (χ0n) is 15.7. The molecule has 0 aromatic heterocycles. The third-order valence-corrected chi connectivity index (χ3v) is 3.15. The molecule has 0 aromatic carbocycles. The van der Waals surface area contributed by atoms with E-state index in [1.807, 2.05) is 0 Å². The number of amides is 3. The van der Waals surface area contributed by atoms with Gasteiger partial charge in [-0.15, -0.1) is 0 Å². The maximum Gasteiger partial charge on any atom is 0.408 e. The lowest BCUT2D eigenvalue weighted by molar-refractivity contribution is -0.141. The summed E-state index contributed by atoms with van der Waals surface area (Å²) in [4.78, 5) is 47.0. The Hall–Kier alpha value is -2.32. The minimum Gasteiger partial charge on any atom is -0.469 e. The molecule has 25 heavy (non-hydrogen) atoms. The SMILES string of the molecule is COC(=O)CC[C@@H](NC(=O)[C@@H](NC(=O)OC(C)(C)C)C(C)C)C(N)=O. The van der Waals surface area contributed by atoms with Crippen molar-refractivity contribution in [2.24, 2.45) is 11.7 Å². The van der Waals surface area contributed by atoms with Crippen LogP contribution in [0, 0.1) is 5.92 Å². The predicted octanol–water partition coefficient (Wildman–Crippen LogP) is 0.459. The van der Waals surface area contributed by atoms with Crippen LogP contribution in [0.3, 0.4) is 0 Å². The average Bonchev–Trinajstić information content (AvgIpc) is 2.45. The van der Waals surface area contributed by atoms with Gasteiger partial charge in [-0.1, -0.05) is 13.8 Å². The summed E-state index contributed by atoms with van der Waals surface area (Å²) in [6.45, 7) is 8.57. The molecule has 0 saturated carbocycles. The van der Waals surface area contributed by atoms with Gasteiger partial charge in [-0.05, 0) is 33.1 Å². The normalized spacial score (nSPS) is 13.6. The molecule has 0 rings (SSSR count). The zero-order valence-corrected chi connectivity index (χ0v) is 15.7. The van der Waals surface area contributed by atoms with E-state index in [2.05, 4.69) is 15.4 Å². The van der Waals surface area contributed by atoms with Crippen LogP contribution >= 0.6 is 0 Å². The number of esters is 1. The first-order valence-corrected chi connectivity index (χ1v) is 8.03. The number of nitrogens with two attached hydrogens (primary N) is 1. The van der Waals surface area contributed by atoms with Gasteiger partial charge >= 0.3 is 12.1 Å². The fraction of sp³-hybridized carbons (Fsp3) is 0.750. The summed E-state index contributed by atoms with van der Waals surface area (Å²) in [5.41, 5.74) is 4.55. The highest BCUT2D eigenvalue weighted by atomic mass is 16.6. The van der Waals surface area contributed by atoms with Crippen LogP contribution in [-0.2, 0) is 23.9 Å². The summed E-state index contributed by atoms with van der Waals surface area (Å²) in [6, 6.07) is -1.97. The van der Waals surface area contributed by atoms with Crippen molar-refractivity contribution in [1.29, 1.82) is 0 Å². The smallest absolute Gasteiger partial charge is 0.408 e. The Bertz CT molecular complexity index is 499. The number of carbonyl (C=O) groups excluding carboxylic acids is 4. The van der Waals surface area contributed by atoms with Gasteiger partial charge < -0.3 is 25.8 Å². The first-order valence-electron chi connectivity index (χ1n) is 8.03. The summed E-state index contributed by atoms with van der Waals surface area (Å²) < 4.78 is 9.62. The Kier molecular flexibility index (Phi) is 8.94. The average molecular weight is 359 g/mol. The van der Waals surface area contributed by atoms with E-state index in [0.29, 0.717) is 0 Å². The Morgan fingerprint density at radius 2 is 1.64 bits per heavy atom. The number of hydrogen-bond donors (Lipinski definition) is 3. The van der Waals surface area contributed by atoms with E-state index < -0.39 is 41.6 Å². The van der Waals surface area contributed by atoms with Gasteiger partial charge in [-0.25, -0.2) is 4.79 Å². The molecule has 0 spiro atoms. The van der Waals surface area contributed by atoms with Gasteiger partial charge in [-0.2, -0.15) is 0 Å². The van der Waals surface area contributed by atoms with Crippen molar-refractivity contribution >= 4 is 23.9 Å². The van der Waals surface area contributed by atoms with Crippen LogP contribution < -0.4 is 16.4 Å². The number of alkyl carbamates (subject to hydrolysis) is 1. The first-order chi connectivity index (χ1) is 11.4. The lowest BCUT2D eigenvalue weighted by atomic mass is 10.0. The van der Waals surface area contributed by atoms with Gasteiger partial charge in [-0.3, -0.25) is 14.4 Å². The molecule has 0 aliphatic carbocycles. The van der Waals surface area contributed by atoms with Gasteiger partial charge in [0.15, 0.2) is 0 Å². The predicted molar refractivity (Wildman–Crippen MR) is 90.4 cm³/mol. The topological polar surface area (TPSA) is 137 Å². The van der Waals surface area contributed by atoms with E-state index >= 15 is 0 Å². The Labute approximate surface area is 148 Å². The van der Waals surface area contributed by atoms with E-state index in [-0.39, 0.29) is 18.8 Å². The second kappa shape index (κ2) is 9.85. The molecule has 0 aliphatic rings. The maximum absolute atomic E-state index is 12.4. The standard InChI is InChI=1S/C16H29N3O6/c1-9(2)12(19-15(23)25-16(3,4)5)14(22)18-10(13(17)21)7-8-11(20)24-6/h9-10,12H,7-8H2,1-6H3,(H2,17,21)(H,18,22)(H,19,23)/t10-,12+/m1/s1. The number of nitrogens with one attached hydrogen (secondary N) is 2. The van der Waals surface area contributed by atoms with E-state index in [1.54, 1.807) is 34.6 Å². The number of hydrogen-bond acceptors (Lipinski definition) is 6. The molecule has 3 amide bonds.